The molecule has 3 rings (SSSR count). The molecular formula is C19H21BrN2O4S. The van der Waals surface area contributed by atoms with Gasteiger partial charge in [-0.2, -0.15) is 0 Å². The van der Waals surface area contributed by atoms with Crippen LogP contribution in [0.25, 0.3) is 0 Å². The number of hydrogen-bond donors (Lipinski definition) is 0. The fraction of sp³-hybridized carbons (Fsp3) is 0.368. The number of allylic oxidation sites excluding steroid dienone is 1. The van der Waals surface area contributed by atoms with Gasteiger partial charge in [0.2, 0.25) is 0 Å². The second-order valence-electron chi connectivity index (χ2n) is 5.79. The summed E-state index contributed by atoms with van der Waals surface area (Å²) in [7, 11) is 1.60. The predicted molar refractivity (Wildman–Crippen MR) is 110 cm³/mol. The number of carbonyl (C=O) groups is 1. The summed E-state index contributed by atoms with van der Waals surface area (Å²) in [5.74, 6) is 0.872. The molecule has 1 aromatic carbocycles. The standard InChI is InChI=1S/C19H21BrN2O4S/c1-5-25-17-13(20)9-12(10-14(17)24-4)16-15(18(23)26-6-2)11(3)21-19-22(16)7-8-27-19/h7-10,16H,5-6H2,1-4H3/t16-/m1/s1. The second-order valence-corrected chi connectivity index (χ2v) is 7.52. The minimum absolute atomic E-state index is 0.305. The molecule has 0 unspecified atom stereocenters. The van der Waals surface area contributed by atoms with E-state index >= 15 is 0 Å². The summed E-state index contributed by atoms with van der Waals surface area (Å²) in [5, 5.41) is 2.78. The lowest BCUT2D eigenvalue weighted by atomic mass is 9.94. The number of carbonyl (C=O) groups excluding carboxylic acids is 1. The molecule has 2 heterocycles. The van der Waals surface area contributed by atoms with Crippen LogP contribution in [0, 0.1) is 0 Å². The number of benzene rings is 1. The Kier molecular flexibility index (Phi) is 6.16. The first-order chi connectivity index (χ1) is 13.0. The van der Waals surface area contributed by atoms with E-state index in [1.165, 1.54) is 11.8 Å². The Labute approximate surface area is 171 Å². The molecule has 0 fully saturated rings. The van der Waals surface area contributed by atoms with Crippen molar-refractivity contribution in [1.82, 2.24) is 4.90 Å². The number of halogens is 1. The summed E-state index contributed by atoms with van der Waals surface area (Å²) in [6, 6.07) is 3.49. The lowest BCUT2D eigenvalue weighted by Crippen LogP contribution is -2.34. The van der Waals surface area contributed by atoms with E-state index in [-0.39, 0.29) is 12.0 Å². The molecule has 0 radical (unpaired) electrons. The van der Waals surface area contributed by atoms with Gasteiger partial charge in [0.15, 0.2) is 16.7 Å². The number of aliphatic imine (C=N–C) groups is 1. The SMILES string of the molecule is CCOC(=O)C1=C(C)N=C2SC=CN2[C@@H]1c1cc(Br)c(OCC)c(OC)c1. The molecule has 1 aromatic rings. The normalized spacial score (nSPS) is 18.3. The molecule has 0 amide bonds. The van der Waals surface area contributed by atoms with Crippen LogP contribution in [-0.4, -0.2) is 36.4 Å². The van der Waals surface area contributed by atoms with Crippen LogP contribution in [0.5, 0.6) is 11.5 Å². The molecule has 1 atom stereocenters. The van der Waals surface area contributed by atoms with Crippen LogP contribution in [0.4, 0.5) is 0 Å². The number of amidine groups is 1. The third-order valence-electron chi connectivity index (χ3n) is 4.17. The van der Waals surface area contributed by atoms with Gasteiger partial charge in [-0.05, 0) is 59.8 Å². The van der Waals surface area contributed by atoms with E-state index in [0.29, 0.717) is 36.0 Å². The van der Waals surface area contributed by atoms with Crippen LogP contribution in [-0.2, 0) is 9.53 Å². The number of hydrogen-bond acceptors (Lipinski definition) is 7. The highest BCUT2D eigenvalue weighted by molar-refractivity contribution is 9.10. The van der Waals surface area contributed by atoms with Gasteiger partial charge >= 0.3 is 5.97 Å². The van der Waals surface area contributed by atoms with Crippen molar-refractivity contribution in [2.24, 2.45) is 4.99 Å². The van der Waals surface area contributed by atoms with Gasteiger partial charge in [0, 0.05) is 6.20 Å². The first kappa shape index (κ1) is 19.8. The highest BCUT2D eigenvalue weighted by Gasteiger charge is 2.38. The van der Waals surface area contributed by atoms with Crippen molar-refractivity contribution in [3.05, 3.63) is 45.0 Å². The number of nitrogens with zero attached hydrogens (tertiary/aromatic N) is 2. The molecule has 0 saturated heterocycles. The van der Waals surface area contributed by atoms with E-state index in [9.17, 15) is 4.79 Å². The third-order valence-corrected chi connectivity index (χ3v) is 5.53. The smallest absolute Gasteiger partial charge is 0.338 e. The number of thioether (sulfide) groups is 1. The lowest BCUT2D eigenvalue weighted by molar-refractivity contribution is -0.139. The van der Waals surface area contributed by atoms with Crippen LogP contribution < -0.4 is 9.47 Å². The van der Waals surface area contributed by atoms with Gasteiger partial charge in [-0.1, -0.05) is 11.8 Å². The van der Waals surface area contributed by atoms with Crippen LogP contribution in [0.1, 0.15) is 32.4 Å². The summed E-state index contributed by atoms with van der Waals surface area (Å²) in [6.07, 6.45) is 1.93. The molecule has 8 heteroatoms. The zero-order valence-electron chi connectivity index (χ0n) is 15.6. The van der Waals surface area contributed by atoms with E-state index in [4.69, 9.17) is 14.2 Å². The highest BCUT2D eigenvalue weighted by Crippen LogP contribution is 2.45. The van der Waals surface area contributed by atoms with Crippen molar-refractivity contribution < 1.29 is 19.0 Å². The van der Waals surface area contributed by atoms with Gasteiger partial charge in [0.25, 0.3) is 0 Å². The highest BCUT2D eigenvalue weighted by atomic mass is 79.9. The van der Waals surface area contributed by atoms with E-state index in [0.717, 1.165) is 15.2 Å². The zero-order chi connectivity index (χ0) is 19.6. The summed E-state index contributed by atoms with van der Waals surface area (Å²) >= 11 is 5.10. The molecule has 0 N–H and O–H groups in total. The van der Waals surface area contributed by atoms with Crippen molar-refractivity contribution in [2.75, 3.05) is 20.3 Å². The topological polar surface area (TPSA) is 60.4 Å². The molecule has 0 saturated carbocycles. The van der Waals surface area contributed by atoms with Crippen molar-refractivity contribution in [3.8, 4) is 11.5 Å². The van der Waals surface area contributed by atoms with Gasteiger partial charge in [-0.25, -0.2) is 9.79 Å². The molecule has 2 aliphatic rings. The second kappa shape index (κ2) is 8.39. The Morgan fingerprint density at radius 2 is 2.11 bits per heavy atom. The summed E-state index contributed by atoms with van der Waals surface area (Å²) in [4.78, 5) is 19.3. The van der Waals surface area contributed by atoms with E-state index in [1.807, 2.05) is 42.5 Å². The first-order valence-electron chi connectivity index (χ1n) is 8.60. The number of esters is 1. The summed E-state index contributed by atoms with van der Waals surface area (Å²) in [6.45, 7) is 6.37. The van der Waals surface area contributed by atoms with E-state index in [1.54, 1.807) is 14.0 Å². The molecular weight excluding hydrogens is 432 g/mol. The minimum Gasteiger partial charge on any atom is -0.493 e. The van der Waals surface area contributed by atoms with Crippen LogP contribution in [0.15, 0.2) is 44.5 Å². The van der Waals surface area contributed by atoms with Gasteiger partial charge in [-0.3, -0.25) is 0 Å². The molecule has 6 nitrogen and oxygen atoms in total. The molecule has 144 valence electrons. The van der Waals surface area contributed by atoms with Crippen molar-refractivity contribution in [2.45, 2.75) is 26.8 Å². The van der Waals surface area contributed by atoms with Gasteiger partial charge in [0.05, 0.1) is 42.1 Å². The lowest BCUT2D eigenvalue weighted by Gasteiger charge is -2.33. The molecule has 0 spiro atoms. The third kappa shape index (κ3) is 3.73. The fourth-order valence-corrected chi connectivity index (χ4v) is 4.45. The number of methoxy groups -OCH3 is 1. The summed E-state index contributed by atoms with van der Waals surface area (Å²) in [5.41, 5.74) is 2.06. The average Bonchev–Trinajstić information content (AvgIpc) is 3.10. The summed E-state index contributed by atoms with van der Waals surface area (Å²) < 4.78 is 17.3. The number of fused-ring (bicyclic) bond motifs is 1. The average molecular weight is 453 g/mol. The van der Waals surface area contributed by atoms with E-state index in [2.05, 4.69) is 20.9 Å². The van der Waals surface area contributed by atoms with Crippen LogP contribution in [0.3, 0.4) is 0 Å². The maximum Gasteiger partial charge on any atom is 0.338 e. The zero-order valence-corrected chi connectivity index (χ0v) is 18.0. The molecule has 2 aliphatic heterocycles. The first-order valence-corrected chi connectivity index (χ1v) is 10.3. The quantitative estimate of drug-likeness (QED) is 0.586. The van der Waals surface area contributed by atoms with Crippen molar-refractivity contribution in [1.29, 1.82) is 0 Å². The number of ether oxygens (including phenoxy) is 3. The van der Waals surface area contributed by atoms with Gasteiger partial charge in [-0.15, -0.1) is 0 Å². The Bertz CT molecular complexity index is 850. The van der Waals surface area contributed by atoms with Gasteiger partial charge < -0.3 is 19.1 Å². The largest absolute Gasteiger partial charge is 0.493 e. The predicted octanol–water partition coefficient (Wildman–Crippen LogP) is 4.62. The number of rotatable bonds is 6. The monoisotopic (exact) mass is 452 g/mol. The maximum atomic E-state index is 12.7. The Hall–Kier alpha value is -1.93. The molecule has 0 aromatic heterocycles. The Morgan fingerprint density at radius 1 is 1.33 bits per heavy atom. The maximum absolute atomic E-state index is 12.7. The molecule has 0 aliphatic carbocycles. The minimum atomic E-state index is -0.364. The fourth-order valence-electron chi connectivity index (χ4n) is 3.08. The van der Waals surface area contributed by atoms with Gasteiger partial charge in [0.1, 0.15) is 0 Å². The van der Waals surface area contributed by atoms with E-state index < -0.39 is 0 Å². The van der Waals surface area contributed by atoms with Crippen molar-refractivity contribution >= 4 is 38.8 Å². The van der Waals surface area contributed by atoms with Crippen LogP contribution in [0.2, 0.25) is 0 Å². The molecule has 27 heavy (non-hydrogen) atoms. The Balaban J connectivity index is 2.14. The van der Waals surface area contributed by atoms with Crippen molar-refractivity contribution in [3.63, 3.8) is 0 Å². The van der Waals surface area contributed by atoms with Crippen LogP contribution >= 0.6 is 27.7 Å². The Morgan fingerprint density at radius 3 is 2.78 bits per heavy atom. The molecule has 0 bridgehead atoms.